The van der Waals surface area contributed by atoms with E-state index in [0.29, 0.717) is 11.3 Å². The predicted molar refractivity (Wildman–Crippen MR) is 60.2 cm³/mol. The van der Waals surface area contributed by atoms with Gasteiger partial charge in [-0.15, -0.1) is 0 Å². The molecule has 0 atom stereocenters. The lowest BCUT2D eigenvalue weighted by Crippen LogP contribution is -2.01. The number of halogens is 1. The number of benzene rings is 1. The number of methoxy groups -OCH3 is 1. The molecule has 0 heterocycles. The van der Waals surface area contributed by atoms with Crippen molar-refractivity contribution in [3.8, 4) is 5.75 Å². The van der Waals surface area contributed by atoms with Crippen molar-refractivity contribution in [2.75, 3.05) is 19.5 Å². The Labute approximate surface area is 91.6 Å². The van der Waals surface area contributed by atoms with Crippen LogP contribution >= 0.6 is 15.9 Å². The van der Waals surface area contributed by atoms with Crippen molar-refractivity contribution in [2.45, 2.75) is 6.92 Å². The van der Waals surface area contributed by atoms with Gasteiger partial charge in [0.05, 0.1) is 11.6 Å². The Morgan fingerprint density at radius 3 is 2.57 bits per heavy atom. The zero-order valence-corrected chi connectivity index (χ0v) is 9.94. The number of Topliss-reactive ketones (excluding diaryl/α,β-unsaturated/α-hetero) is 1. The number of anilines is 1. The smallest absolute Gasteiger partial charge is 0.161 e. The van der Waals surface area contributed by atoms with Gasteiger partial charge < -0.3 is 10.1 Å². The van der Waals surface area contributed by atoms with Crippen molar-refractivity contribution >= 4 is 27.4 Å². The van der Waals surface area contributed by atoms with Crippen molar-refractivity contribution in [3.63, 3.8) is 0 Å². The van der Waals surface area contributed by atoms with Gasteiger partial charge in [-0.05, 0) is 28.9 Å². The number of nitrogens with one attached hydrogen (secondary N) is 1. The van der Waals surface area contributed by atoms with E-state index in [4.69, 9.17) is 4.74 Å². The Morgan fingerprint density at radius 1 is 1.50 bits per heavy atom. The van der Waals surface area contributed by atoms with E-state index in [0.717, 1.165) is 10.2 Å². The predicted octanol–water partition coefficient (Wildman–Crippen LogP) is 2.70. The molecule has 1 aromatic rings. The molecule has 1 N–H and O–H groups in total. The summed E-state index contributed by atoms with van der Waals surface area (Å²) in [6.07, 6.45) is 0. The lowest BCUT2D eigenvalue weighted by atomic mass is 10.1. The first-order valence-corrected chi connectivity index (χ1v) is 4.95. The van der Waals surface area contributed by atoms with Gasteiger partial charge in [0, 0.05) is 24.4 Å². The summed E-state index contributed by atoms with van der Waals surface area (Å²) in [5.41, 5.74) is 1.43. The summed E-state index contributed by atoms with van der Waals surface area (Å²) >= 11 is 3.33. The molecular formula is C10H12BrNO2. The Morgan fingerprint density at radius 2 is 2.14 bits per heavy atom. The quantitative estimate of drug-likeness (QED) is 0.847. The van der Waals surface area contributed by atoms with Crippen LogP contribution in [0.5, 0.6) is 5.75 Å². The average molecular weight is 258 g/mol. The van der Waals surface area contributed by atoms with Crippen LogP contribution in [0, 0.1) is 0 Å². The van der Waals surface area contributed by atoms with Crippen LogP contribution in [-0.2, 0) is 0 Å². The summed E-state index contributed by atoms with van der Waals surface area (Å²) in [7, 11) is 3.36. The van der Waals surface area contributed by atoms with E-state index >= 15 is 0 Å². The van der Waals surface area contributed by atoms with Crippen LogP contribution in [0.2, 0.25) is 0 Å². The van der Waals surface area contributed by atoms with Crippen molar-refractivity contribution in [3.05, 3.63) is 22.2 Å². The average Bonchev–Trinajstić information content (AvgIpc) is 2.17. The molecule has 0 aliphatic heterocycles. The SMILES string of the molecule is CNc1cc(OC)c(Br)cc1C(C)=O. The number of hydrogen-bond donors (Lipinski definition) is 1. The second-order valence-electron chi connectivity index (χ2n) is 2.84. The van der Waals surface area contributed by atoms with Crippen molar-refractivity contribution in [1.29, 1.82) is 0 Å². The third-order valence-electron chi connectivity index (χ3n) is 1.94. The highest BCUT2D eigenvalue weighted by Crippen LogP contribution is 2.31. The van der Waals surface area contributed by atoms with E-state index in [1.807, 2.05) is 0 Å². The van der Waals surface area contributed by atoms with Gasteiger partial charge in [-0.2, -0.15) is 0 Å². The van der Waals surface area contributed by atoms with Gasteiger partial charge in [0.2, 0.25) is 0 Å². The van der Waals surface area contributed by atoms with Crippen LogP contribution in [0.4, 0.5) is 5.69 Å². The zero-order valence-electron chi connectivity index (χ0n) is 8.35. The second-order valence-corrected chi connectivity index (χ2v) is 3.69. The second kappa shape index (κ2) is 4.46. The van der Waals surface area contributed by atoms with Crippen LogP contribution in [0.3, 0.4) is 0 Å². The molecule has 0 saturated carbocycles. The van der Waals surface area contributed by atoms with Crippen molar-refractivity contribution < 1.29 is 9.53 Å². The fraction of sp³-hybridized carbons (Fsp3) is 0.300. The molecule has 0 unspecified atom stereocenters. The highest BCUT2D eigenvalue weighted by molar-refractivity contribution is 9.10. The van der Waals surface area contributed by atoms with Crippen molar-refractivity contribution in [2.24, 2.45) is 0 Å². The fourth-order valence-electron chi connectivity index (χ4n) is 1.21. The van der Waals surface area contributed by atoms with E-state index in [2.05, 4.69) is 21.2 Å². The van der Waals surface area contributed by atoms with Crippen LogP contribution in [0.25, 0.3) is 0 Å². The first kappa shape index (κ1) is 11.0. The minimum absolute atomic E-state index is 0.0257. The highest BCUT2D eigenvalue weighted by Gasteiger charge is 2.10. The number of carbonyl (C=O) groups excluding carboxylic acids is 1. The Bertz CT molecular complexity index is 363. The number of ether oxygens (including phenoxy) is 1. The Kier molecular flexibility index (Phi) is 3.52. The monoisotopic (exact) mass is 257 g/mol. The molecule has 0 amide bonds. The van der Waals surface area contributed by atoms with Crippen LogP contribution in [0.1, 0.15) is 17.3 Å². The molecule has 0 bridgehead atoms. The molecule has 0 fully saturated rings. The molecule has 14 heavy (non-hydrogen) atoms. The minimum Gasteiger partial charge on any atom is -0.495 e. The molecule has 4 heteroatoms. The molecule has 0 radical (unpaired) electrons. The van der Waals surface area contributed by atoms with Crippen molar-refractivity contribution in [1.82, 2.24) is 0 Å². The summed E-state index contributed by atoms with van der Waals surface area (Å²) < 4.78 is 5.91. The van der Waals surface area contributed by atoms with Gasteiger partial charge in [-0.25, -0.2) is 0 Å². The van der Waals surface area contributed by atoms with Crippen LogP contribution < -0.4 is 10.1 Å². The van der Waals surface area contributed by atoms with Gasteiger partial charge in [0.1, 0.15) is 5.75 Å². The minimum atomic E-state index is 0.0257. The molecule has 1 aromatic carbocycles. The summed E-state index contributed by atoms with van der Waals surface area (Å²) in [6, 6.07) is 3.55. The maximum Gasteiger partial charge on any atom is 0.161 e. The van der Waals surface area contributed by atoms with Crippen LogP contribution in [0.15, 0.2) is 16.6 Å². The molecular weight excluding hydrogens is 246 g/mol. The summed E-state index contributed by atoms with van der Waals surface area (Å²) in [5.74, 6) is 0.733. The Hall–Kier alpha value is -1.03. The largest absolute Gasteiger partial charge is 0.495 e. The van der Waals surface area contributed by atoms with E-state index in [9.17, 15) is 4.79 Å². The standard InChI is InChI=1S/C10H12BrNO2/c1-6(13)7-4-8(11)10(14-3)5-9(7)12-2/h4-5,12H,1-3H3. The number of hydrogen-bond acceptors (Lipinski definition) is 3. The molecule has 3 nitrogen and oxygen atoms in total. The summed E-state index contributed by atoms with van der Waals surface area (Å²) in [6.45, 7) is 1.54. The molecule has 0 aromatic heterocycles. The highest BCUT2D eigenvalue weighted by atomic mass is 79.9. The van der Waals surface area contributed by atoms with Gasteiger partial charge >= 0.3 is 0 Å². The molecule has 0 aliphatic rings. The fourth-order valence-corrected chi connectivity index (χ4v) is 1.71. The molecule has 0 spiro atoms. The third-order valence-corrected chi connectivity index (χ3v) is 2.56. The third kappa shape index (κ3) is 2.07. The van der Waals surface area contributed by atoms with Gasteiger partial charge in [-0.3, -0.25) is 4.79 Å². The van der Waals surface area contributed by atoms with Gasteiger partial charge in [0.15, 0.2) is 5.78 Å². The first-order valence-electron chi connectivity index (χ1n) is 4.16. The van der Waals surface area contributed by atoms with E-state index in [1.165, 1.54) is 6.92 Å². The number of carbonyl (C=O) groups is 1. The summed E-state index contributed by atoms with van der Waals surface area (Å²) in [4.78, 5) is 11.3. The normalized spacial score (nSPS) is 9.71. The van der Waals surface area contributed by atoms with E-state index in [1.54, 1.807) is 26.3 Å². The number of ketones is 1. The van der Waals surface area contributed by atoms with E-state index in [-0.39, 0.29) is 5.78 Å². The molecule has 76 valence electrons. The summed E-state index contributed by atoms with van der Waals surface area (Å²) in [5, 5.41) is 2.96. The zero-order chi connectivity index (χ0) is 10.7. The molecule has 0 aliphatic carbocycles. The lowest BCUT2D eigenvalue weighted by molar-refractivity contribution is 0.101. The van der Waals surface area contributed by atoms with Crippen LogP contribution in [-0.4, -0.2) is 19.9 Å². The molecule has 1 rings (SSSR count). The maximum absolute atomic E-state index is 11.3. The maximum atomic E-state index is 11.3. The first-order chi connectivity index (χ1) is 6.60. The van der Waals surface area contributed by atoms with E-state index < -0.39 is 0 Å². The van der Waals surface area contributed by atoms with Gasteiger partial charge in [0.25, 0.3) is 0 Å². The lowest BCUT2D eigenvalue weighted by Gasteiger charge is -2.10. The Balaban J connectivity index is 3.31. The van der Waals surface area contributed by atoms with Gasteiger partial charge in [-0.1, -0.05) is 0 Å². The topological polar surface area (TPSA) is 38.3 Å². The molecule has 0 saturated heterocycles. The number of rotatable bonds is 3.